The zero-order chi connectivity index (χ0) is 12.8. The monoisotopic (exact) mass is 256 g/mol. The van der Waals surface area contributed by atoms with Gasteiger partial charge in [0.25, 0.3) is 0 Å². The Balaban J connectivity index is 4.29. The van der Waals surface area contributed by atoms with Gasteiger partial charge >= 0.3 is 19.8 Å². The third-order valence-electron chi connectivity index (χ3n) is 1.36. The fourth-order valence-electron chi connectivity index (χ4n) is 0.762. The Morgan fingerprint density at radius 3 is 2.31 bits per heavy atom. The van der Waals surface area contributed by atoms with E-state index in [1.54, 1.807) is 6.92 Å². The van der Waals surface area contributed by atoms with E-state index in [0.29, 0.717) is 6.42 Å². The molecule has 8 nitrogen and oxygen atoms in total. The Morgan fingerprint density at radius 1 is 1.38 bits per heavy atom. The summed E-state index contributed by atoms with van der Waals surface area (Å²) < 4.78 is 18.9. The van der Waals surface area contributed by atoms with E-state index in [1.165, 1.54) is 0 Å². The molecule has 0 saturated heterocycles. The maximum absolute atomic E-state index is 11.0. The minimum absolute atomic E-state index is 0.112. The van der Waals surface area contributed by atoms with Crippen molar-refractivity contribution in [1.29, 1.82) is 0 Å². The molecule has 0 fully saturated rings. The number of carbonyl (C=O) groups excluding carboxylic acids is 1. The van der Waals surface area contributed by atoms with Crippen molar-refractivity contribution in [3.63, 3.8) is 0 Å². The van der Waals surface area contributed by atoms with Crippen LogP contribution >= 0.6 is 7.82 Å². The van der Waals surface area contributed by atoms with E-state index < -0.39 is 32.3 Å². The second-order valence-corrected chi connectivity index (χ2v) is 4.04. The molecular weight excluding hydrogens is 243 g/mol. The molecule has 0 bridgehead atoms. The predicted octanol–water partition coefficient (Wildman–Crippen LogP) is -0.108. The lowest BCUT2D eigenvalue weighted by molar-refractivity contribution is -0.155. The van der Waals surface area contributed by atoms with Crippen molar-refractivity contribution in [3.05, 3.63) is 0 Å². The lowest BCUT2D eigenvalue weighted by Crippen LogP contribution is -2.27. The van der Waals surface area contributed by atoms with Gasteiger partial charge in [-0.15, -0.1) is 0 Å². The van der Waals surface area contributed by atoms with Crippen LogP contribution in [0.4, 0.5) is 0 Å². The SMILES string of the molecule is CCCOC(=O)CC(OP(=O)(O)O)C(=O)O. The molecule has 0 spiro atoms. The van der Waals surface area contributed by atoms with Crippen LogP contribution in [0.1, 0.15) is 19.8 Å². The summed E-state index contributed by atoms with van der Waals surface area (Å²) in [5, 5.41) is 8.53. The van der Waals surface area contributed by atoms with E-state index >= 15 is 0 Å². The Morgan fingerprint density at radius 2 is 1.94 bits per heavy atom. The van der Waals surface area contributed by atoms with E-state index in [9.17, 15) is 14.2 Å². The summed E-state index contributed by atoms with van der Waals surface area (Å²) >= 11 is 0. The molecule has 16 heavy (non-hydrogen) atoms. The van der Waals surface area contributed by atoms with Crippen LogP contribution in [0.5, 0.6) is 0 Å². The summed E-state index contributed by atoms with van der Waals surface area (Å²) in [6.07, 6.45) is -2.10. The van der Waals surface area contributed by atoms with E-state index in [2.05, 4.69) is 9.26 Å². The third kappa shape index (κ3) is 7.36. The van der Waals surface area contributed by atoms with Crippen LogP contribution in [0.25, 0.3) is 0 Å². The molecule has 0 aromatic rings. The molecule has 0 amide bonds. The second kappa shape index (κ2) is 6.59. The molecule has 0 radical (unpaired) electrons. The van der Waals surface area contributed by atoms with Gasteiger partial charge in [-0.1, -0.05) is 6.92 Å². The van der Waals surface area contributed by atoms with Crippen LogP contribution in [-0.4, -0.2) is 39.5 Å². The summed E-state index contributed by atoms with van der Waals surface area (Å²) in [5.41, 5.74) is 0. The summed E-state index contributed by atoms with van der Waals surface area (Å²) in [4.78, 5) is 38.3. The minimum Gasteiger partial charge on any atom is -0.479 e. The van der Waals surface area contributed by atoms with Gasteiger partial charge in [0.05, 0.1) is 13.0 Å². The first-order chi connectivity index (χ1) is 7.26. The number of aliphatic carboxylic acids is 1. The molecular formula is C7H13O8P. The minimum atomic E-state index is -4.95. The van der Waals surface area contributed by atoms with Gasteiger partial charge in [-0.3, -0.25) is 9.32 Å². The van der Waals surface area contributed by atoms with Gasteiger partial charge in [0.1, 0.15) is 0 Å². The summed E-state index contributed by atoms with van der Waals surface area (Å²) in [6.45, 7) is 1.86. The van der Waals surface area contributed by atoms with Gasteiger partial charge in [0.15, 0.2) is 6.10 Å². The predicted molar refractivity (Wildman–Crippen MR) is 50.4 cm³/mol. The molecule has 1 atom stereocenters. The van der Waals surface area contributed by atoms with Crippen LogP contribution in [0, 0.1) is 0 Å². The van der Waals surface area contributed by atoms with E-state index in [-0.39, 0.29) is 6.61 Å². The highest BCUT2D eigenvalue weighted by molar-refractivity contribution is 7.46. The second-order valence-electron chi connectivity index (χ2n) is 2.85. The first kappa shape index (κ1) is 15.0. The first-order valence-corrected chi connectivity index (χ1v) is 5.91. The van der Waals surface area contributed by atoms with Crippen LogP contribution in [-0.2, 0) is 23.4 Å². The van der Waals surface area contributed by atoms with Crippen molar-refractivity contribution >= 4 is 19.8 Å². The highest BCUT2D eigenvalue weighted by Crippen LogP contribution is 2.38. The average molecular weight is 256 g/mol. The number of ether oxygens (including phenoxy) is 1. The van der Waals surface area contributed by atoms with Crippen LogP contribution in [0.3, 0.4) is 0 Å². The lowest BCUT2D eigenvalue weighted by atomic mass is 10.2. The molecule has 1 unspecified atom stereocenters. The summed E-state index contributed by atoms with van der Waals surface area (Å²) in [7, 11) is -4.95. The zero-order valence-electron chi connectivity index (χ0n) is 8.53. The van der Waals surface area contributed by atoms with Gasteiger partial charge in [0, 0.05) is 0 Å². The molecule has 0 rings (SSSR count). The fourth-order valence-corrected chi connectivity index (χ4v) is 1.26. The van der Waals surface area contributed by atoms with Crippen LogP contribution in [0.15, 0.2) is 0 Å². The molecule has 0 aliphatic carbocycles. The molecule has 0 heterocycles. The van der Waals surface area contributed by atoms with E-state index in [1.807, 2.05) is 0 Å². The fraction of sp³-hybridized carbons (Fsp3) is 0.714. The quantitative estimate of drug-likeness (QED) is 0.425. The Hall–Kier alpha value is -0.950. The van der Waals surface area contributed by atoms with Gasteiger partial charge in [-0.25, -0.2) is 9.36 Å². The summed E-state index contributed by atoms with van der Waals surface area (Å²) in [5.74, 6) is -2.53. The van der Waals surface area contributed by atoms with E-state index in [4.69, 9.17) is 14.9 Å². The number of esters is 1. The third-order valence-corrected chi connectivity index (χ3v) is 1.89. The van der Waals surface area contributed by atoms with Gasteiger partial charge < -0.3 is 19.6 Å². The highest BCUT2D eigenvalue weighted by atomic mass is 31.2. The zero-order valence-corrected chi connectivity index (χ0v) is 9.42. The number of hydrogen-bond donors (Lipinski definition) is 3. The number of phosphoric ester groups is 1. The van der Waals surface area contributed by atoms with Crippen molar-refractivity contribution in [2.75, 3.05) is 6.61 Å². The average Bonchev–Trinajstić information content (AvgIpc) is 2.11. The highest BCUT2D eigenvalue weighted by Gasteiger charge is 2.30. The standard InChI is InChI=1S/C7H13O8P/c1-2-3-14-6(8)4-5(7(9)10)15-16(11,12)13/h5H,2-4H2,1H3,(H,9,10)(H2,11,12,13). The van der Waals surface area contributed by atoms with Crippen LogP contribution in [0.2, 0.25) is 0 Å². The smallest absolute Gasteiger partial charge is 0.470 e. The van der Waals surface area contributed by atoms with Gasteiger partial charge in [0.2, 0.25) is 0 Å². The Bertz CT molecular complexity index is 295. The number of carboxylic acids is 1. The molecule has 0 aromatic heterocycles. The molecule has 0 saturated carbocycles. The van der Waals surface area contributed by atoms with Crippen molar-refractivity contribution in [1.82, 2.24) is 0 Å². The lowest BCUT2D eigenvalue weighted by Gasteiger charge is -2.13. The number of hydrogen-bond acceptors (Lipinski definition) is 5. The molecule has 9 heteroatoms. The number of carboxylic acid groups (broad SMARTS) is 1. The molecule has 0 aliphatic heterocycles. The molecule has 3 N–H and O–H groups in total. The van der Waals surface area contributed by atoms with Crippen molar-refractivity contribution in [3.8, 4) is 0 Å². The van der Waals surface area contributed by atoms with Crippen LogP contribution < -0.4 is 0 Å². The normalized spacial score (nSPS) is 13.2. The maximum atomic E-state index is 11.0. The Kier molecular flexibility index (Phi) is 6.20. The van der Waals surface area contributed by atoms with Gasteiger partial charge in [-0.2, -0.15) is 0 Å². The number of carbonyl (C=O) groups is 2. The molecule has 0 aliphatic rings. The number of rotatable bonds is 7. The summed E-state index contributed by atoms with van der Waals surface area (Å²) in [6, 6.07) is 0. The first-order valence-electron chi connectivity index (χ1n) is 4.38. The topological polar surface area (TPSA) is 130 Å². The largest absolute Gasteiger partial charge is 0.479 e. The van der Waals surface area contributed by atoms with Crippen molar-refractivity contribution in [2.24, 2.45) is 0 Å². The molecule has 94 valence electrons. The van der Waals surface area contributed by atoms with E-state index in [0.717, 1.165) is 0 Å². The van der Waals surface area contributed by atoms with Gasteiger partial charge in [-0.05, 0) is 6.42 Å². The van der Waals surface area contributed by atoms with Crippen molar-refractivity contribution < 1.29 is 38.3 Å². The Labute approximate surface area is 91.4 Å². The maximum Gasteiger partial charge on any atom is 0.470 e. The molecule has 0 aromatic carbocycles. The van der Waals surface area contributed by atoms with Crippen molar-refractivity contribution in [2.45, 2.75) is 25.9 Å². The number of phosphoric acid groups is 1.